The maximum atomic E-state index is 13.4. The predicted octanol–water partition coefficient (Wildman–Crippen LogP) is 5.63. The average molecular weight is 563 g/mol. The van der Waals surface area contributed by atoms with Gasteiger partial charge < -0.3 is 24.3 Å². The van der Waals surface area contributed by atoms with E-state index in [1.165, 1.54) is 26.3 Å². The zero-order valence-electron chi connectivity index (χ0n) is 23.7. The van der Waals surface area contributed by atoms with Crippen LogP contribution in [0.5, 0.6) is 17.2 Å². The van der Waals surface area contributed by atoms with E-state index in [1.807, 2.05) is 13.8 Å². The minimum Gasteiger partial charge on any atom is -0.493 e. The molecule has 2 rings (SSSR count). The first-order valence-corrected chi connectivity index (χ1v) is 13.5. The SMILES string of the molecule is CCC(CC)[C@H](Oc1ccc(Cl)cc1)[C@H](C)OC(=O)[C@H](CC(C)C)NC(=O)c1nccc(OC)c1OC(C)=O. The number of pyridine rings is 1. The fourth-order valence-electron chi connectivity index (χ4n) is 4.24. The van der Waals surface area contributed by atoms with E-state index in [9.17, 15) is 14.4 Å². The van der Waals surface area contributed by atoms with Gasteiger partial charge in [0.05, 0.1) is 7.11 Å². The van der Waals surface area contributed by atoms with Crippen molar-refractivity contribution < 1.29 is 33.3 Å². The van der Waals surface area contributed by atoms with Crippen molar-refractivity contribution >= 4 is 29.4 Å². The molecule has 2 aromatic rings. The Morgan fingerprint density at radius 3 is 2.21 bits per heavy atom. The van der Waals surface area contributed by atoms with E-state index in [2.05, 4.69) is 24.1 Å². The van der Waals surface area contributed by atoms with Crippen LogP contribution in [0.3, 0.4) is 0 Å². The molecule has 0 saturated carbocycles. The summed E-state index contributed by atoms with van der Waals surface area (Å²) < 4.78 is 22.6. The van der Waals surface area contributed by atoms with Gasteiger partial charge in [-0.25, -0.2) is 9.78 Å². The number of amides is 1. The third-order valence-electron chi connectivity index (χ3n) is 6.21. The molecule has 0 fully saturated rings. The van der Waals surface area contributed by atoms with Crippen LogP contribution < -0.4 is 19.5 Å². The Balaban J connectivity index is 2.28. The number of halogens is 1. The monoisotopic (exact) mass is 562 g/mol. The van der Waals surface area contributed by atoms with Crippen molar-refractivity contribution in [1.82, 2.24) is 10.3 Å². The second-order valence-electron chi connectivity index (χ2n) is 9.70. The number of carbonyl (C=O) groups excluding carboxylic acids is 3. The van der Waals surface area contributed by atoms with Gasteiger partial charge in [-0.2, -0.15) is 0 Å². The molecule has 0 aliphatic rings. The van der Waals surface area contributed by atoms with Crippen molar-refractivity contribution in [2.45, 2.75) is 79.1 Å². The van der Waals surface area contributed by atoms with Gasteiger partial charge in [-0.05, 0) is 62.3 Å². The molecule has 1 aromatic heterocycles. The van der Waals surface area contributed by atoms with Crippen LogP contribution >= 0.6 is 11.6 Å². The molecule has 0 spiro atoms. The summed E-state index contributed by atoms with van der Waals surface area (Å²) in [6.07, 6.45) is 2.28. The Morgan fingerprint density at radius 2 is 1.67 bits per heavy atom. The molecule has 10 heteroatoms. The Morgan fingerprint density at radius 1 is 1.03 bits per heavy atom. The van der Waals surface area contributed by atoms with Gasteiger partial charge >= 0.3 is 11.9 Å². The maximum Gasteiger partial charge on any atom is 0.329 e. The number of hydrogen-bond donors (Lipinski definition) is 1. The Hall–Kier alpha value is -3.33. The van der Waals surface area contributed by atoms with Gasteiger partial charge in [0.1, 0.15) is 24.0 Å². The van der Waals surface area contributed by atoms with E-state index in [1.54, 1.807) is 31.2 Å². The van der Waals surface area contributed by atoms with Crippen LogP contribution in [0.25, 0.3) is 0 Å². The normalized spacial score (nSPS) is 13.4. The molecule has 1 N–H and O–H groups in total. The molecule has 0 aliphatic carbocycles. The van der Waals surface area contributed by atoms with E-state index in [4.69, 9.17) is 30.5 Å². The second-order valence-corrected chi connectivity index (χ2v) is 10.1. The van der Waals surface area contributed by atoms with Crippen LogP contribution in [-0.2, 0) is 14.3 Å². The van der Waals surface area contributed by atoms with Crippen LogP contribution in [0.2, 0.25) is 5.02 Å². The topological polar surface area (TPSA) is 113 Å². The number of aromatic nitrogens is 1. The number of ether oxygens (including phenoxy) is 4. The number of hydrogen-bond acceptors (Lipinski definition) is 8. The summed E-state index contributed by atoms with van der Waals surface area (Å²) in [4.78, 5) is 42.3. The lowest BCUT2D eigenvalue weighted by molar-refractivity contribution is -0.157. The Labute approximate surface area is 235 Å². The molecule has 9 nitrogen and oxygen atoms in total. The van der Waals surface area contributed by atoms with E-state index in [0.717, 1.165) is 12.8 Å². The van der Waals surface area contributed by atoms with Gasteiger partial charge in [-0.15, -0.1) is 0 Å². The van der Waals surface area contributed by atoms with Gasteiger partial charge in [0.25, 0.3) is 5.91 Å². The van der Waals surface area contributed by atoms with Crippen LogP contribution in [-0.4, -0.2) is 48.2 Å². The number of nitrogens with one attached hydrogen (secondary N) is 1. The quantitative estimate of drug-likeness (QED) is 0.295. The van der Waals surface area contributed by atoms with Gasteiger partial charge in [0, 0.05) is 24.2 Å². The summed E-state index contributed by atoms with van der Waals surface area (Å²) in [5.74, 6) is -1.11. The number of methoxy groups -OCH3 is 1. The highest BCUT2D eigenvalue weighted by molar-refractivity contribution is 6.30. The first-order valence-electron chi connectivity index (χ1n) is 13.2. The lowest BCUT2D eigenvalue weighted by Gasteiger charge is -2.32. The zero-order chi connectivity index (χ0) is 29.1. The van der Waals surface area contributed by atoms with Crippen LogP contribution in [0, 0.1) is 11.8 Å². The highest BCUT2D eigenvalue weighted by Gasteiger charge is 2.33. The second kappa shape index (κ2) is 15.3. The number of nitrogens with zero attached hydrogens (tertiary/aromatic N) is 1. The van der Waals surface area contributed by atoms with E-state index in [-0.39, 0.29) is 29.0 Å². The smallest absolute Gasteiger partial charge is 0.329 e. The van der Waals surface area contributed by atoms with Crippen LogP contribution in [0.1, 0.15) is 71.3 Å². The molecule has 0 saturated heterocycles. The molecule has 1 aromatic carbocycles. The molecule has 214 valence electrons. The van der Waals surface area contributed by atoms with Gasteiger partial charge in [-0.1, -0.05) is 39.3 Å². The number of rotatable bonds is 14. The van der Waals surface area contributed by atoms with Crippen molar-refractivity contribution in [3.05, 3.63) is 47.2 Å². The fourth-order valence-corrected chi connectivity index (χ4v) is 4.36. The fraction of sp³-hybridized carbons (Fsp3) is 0.517. The highest BCUT2D eigenvalue weighted by Crippen LogP contribution is 2.30. The van der Waals surface area contributed by atoms with Gasteiger partial charge in [-0.3, -0.25) is 9.59 Å². The van der Waals surface area contributed by atoms with Crippen molar-refractivity contribution in [2.24, 2.45) is 11.8 Å². The summed E-state index contributed by atoms with van der Waals surface area (Å²) in [5.41, 5.74) is -0.180. The van der Waals surface area contributed by atoms with Gasteiger partial charge in [0.2, 0.25) is 5.75 Å². The standard InChI is InChI=1S/C29H39ClN2O7/c1-8-20(9-2)26(39-22-12-10-21(30)11-13-22)18(5)37-29(35)23(16-17(3)4)32-28(34)25-27(38-19(6)33)24(36-7)14-15-31-25/h10-15,17-18,20,23,26H,8-9,16H2,1-7H3,(H,32,34)/t18-,23-,26+/m0/s1. The predicted molar refractivity (Wildman–Crippen MR) is 148 cm³/mol. The molecule has 0 radical (unpaired) electrons. The third kappa shape index (κ3) is 9.42. The summed E-state index contributed by atoms with van der Waals surface area (Å²) >= 11 is 6.01. The summed E-state index contributed by atoms with van der Waals surface area (Å²) in [6, 6.07) is 7.52. The molecule has 0 unspecified atom stereocenters. The van der Waals surface area contributed by atoms with Crippen LogP contribution in [0.15, 0.2) is 36.5 Å². The number of benzene rings is 1. The van der Waals surface area contributed by atoms with Crippen LogP contribution in [0.4, 0.5) is 0 Å². The number of esters is 2. The summed E-state index contributed by atoms with van der Waals surface area (Å²) in [7, 11) is 1.38. The van der Waals surface area contributed by atoms with Crippen molar-refractivity contribution in [3.8, 4) is 17.2 Å². The van der Waals surface area contributed by atoms with E-state index in [0.29, 0.717) is 17.2 Å². The first kappa shape index (κ1) is 31.9. The molecule has 3 atom stereocenters. The summed E-state index contributed by atoms with van der Waals surface area (Å²) in [5, 5.41) is 3.30. The first-order chi connectivity index (χ1) is 18.5. The molecular formula is C29H39ClN2O7. The molecule has 1 heterocycles. The third-order valence-corrected chi connectivity index (χ3v) is 6.46. The largest absolute Gasteiger partial charge is 0.493 e. The summed E-state index contributed by atoms with van der Waals surface area (Å²) in [6.45, 7) is 11.0. The van der Waals surface area contributed by atoms with Crippen molar-refractivity contribution in [2.75, 3.05) is 7.11 Å². The van der Waals surface area contributed by atoms with E-state index < -0.39 is 36.1 Å². The van der Waals surface area contributed by atoms with Crippen molar-refractivity contribution in [1.29, 1.82) is 0 Å². The minimum absolute atomic E-state index is 0.0597. The lowest BCUT2D eigenvalue weighted by atomic mass is 9.93. The molecule has 0 bridgehead atoms. The lowest BCUT2D eigenvalue weighted by Crippen LogP contribution is -2.47. The average Bonchev–Trinajstić information content (AvgIpc) is 2.88. The molecule has 39 heavy (non-hydrogen) atoms. The minimum atomic E-state index is -0.976. The Bertz CT molecular complexity index is 1100. The maximum absolute atomic E-state index is 13.4. The zero-order valence-corrected chi connectivity index (χ0v) is 24.4. The van der Waals surface area contributed by atoms with Gasteiger partial charge in [0.15, 0.2) is 11.4 Å². The number of carbonyl (C=O) groups is 3. The molecule has 1 amide bonds. The molecule has 0 aliphatic heterocycles. The van der Waals surface area contributed by atoms with Crippen molar-refractivity contribution in [3.63, 3.8) is 0 Å². The van der Waals surface area contributed by atoms with E-state index >= 15 is 0 Å². The molecular weight excluding hydrogens is 524 g/mol. The highest BCUT2D eigenvalue weighted by atomic mass is 35.5. The Kier molecular flexibility index (Phi) is 12.5.